The summed E-state index contributed by atoms with van der Waals surface area (Å²) in [5.74, 6) is -1.20. The lowest BCUT2D eigenvalue weighted by atomic mass is 10.1. The third kappa shape index (κ3) is 5.54. The van der Waals surface area contributed by atoms with Crippen LogP contribution < -0.4 is 14.8 Å². The molecule has 8 heteroatoms. The first-order valence-electron chi connectivity index (χ1n) is 6.65. The molecule has 0 aromatic heterocycles. The topological polar surface area (TPSA) is 71.4 Å². The molecule has 0 fully saturated rings. The Balaban J connectivity index is 3.30. The maximum Gasteiger partial charge on any atom is 0.573 e. The van der Waals surface area contributed by atoms with Crippen LogP contribution in [0.5, 0.6) is 11.5 Å². The number of carbonyl (C=O) groups excluding carboxylic acids is 1. The molecule has 0 atom stereocenters. The summed E-state index contributed by atoms with van der Waals surface area (Å²) in [6.45, 7) is 2.17. The van der Waals surface area contributed by atoms with E-state index in [-0.39, 0.29) is 16.9 Å². The van der Waals surface area contributed by atoms with Gasteiger partial charge in [0.2, 0.25) is 0 Å². The number of benzene rings is 1. The zero-order valence-corrected chi connectivity index (χ0v) is 12.5. The Hall–Kier alpha value is -2.69. The summed E-state index contributed by atoms with van der Waals surface area (Å²) < 4.78 is 46.3. The number of hydrogen-bond donors (Lipinski definition) is 1. The highest BCUT2D eigenvalue weighted by molar-refractivity contribution is 6.02. The molecule has 1 aromatic rings. The van der Waals surface area contributed by atoms with Gasteiger partial charge in [-0.05, 0) is 24.6 Å². The van der Waals surface area contributed by atoms with Gasteiger partial charge in [-0.1, -0.05) is 13.0 Å². The number of methoxy groups -OCH3 is 1. The minimum Gasteiger partial charge on any atom is -0.496 e. The van der Waals surface area contributed by atoms with Gasteiger partial charge in [0.25, 0.3) is 5.91 Å². The molecule has 1 rings (SSSR count). The number of nitriles is 1. The smallest absolute Gasteiger partial charge is 0.496 e. The lowest BCUT2D eigenvalue weighted by molar-refractivity contribution is -0.274. The lowest BCUT2D eigenvalue weighted by Gasteiger charge is -2.14. The van der Waals surface area contributed by atoms with Crippen molar-refractivity contribution < 1.29 is 27.4 Å². The van der Waals surface area contributed by atoms with Gasteiger partial charge in [-0.2, -0.15) is 5.26 Å². The largest absolute Gasteiger partial charge is 0.573 e. The summed E-state index contributed by atoms with van der Waals surface area (Å²) in [5, 5.41) is 11.5. The number of ether oxygens (including phenoxy) is 2. The fourth-order valence-electron chi connectivity index (χ4n) is 1.68. The van der Waals surface area contributed by atoms with E-state index in [1.165, 1.54) is 19.2 Å². The molecule has 0 aliphatic rings. The summed E-state index contributed by atoms with van der Waals surface area (Å²) in [6, 6.07) is 5.43. The Morgan fingerprint density at radius 1 is 1.39 bits per heavy atom. The third-order valence-electron chi connectivity index (χ3n) is 2.66. The van der Waals surface area contributed by atoms with E-state index < -0.39 is 18.0 Å². The molecule has 124 valence electrons. The van der Waals surface area contributed by atoms with E-state index in [4.69, 9.17) is 10.00 Å². The lowest BCUT2D eigenvalue weighted by Crippen LogP contribution is -2.25. The molecular formula is C15H15F3N2O3. The number of alkyl halides is 3. The first-order chi connectivity index (χ1) is 10.8. The van der Waals surface area contributed by atoms with Crippen molar-refractivity contribution in [1.82, 2.24) is 5.32 Å². The molecule has 0 spiro atoms. The summed E-state index contributed by atoms with van der Waals surface area (Å²) in [7, 11) is 1.26. The molecule has 1 amide bonds. The molecule has 1 N–H and O–H groups in total. The van der Waals surface area contributed by atoms with E-state index in [1.54, 1.807) is 6.07 Å². The molecule has 0 aliphatic heterocycles. The standard InChI is InChI=1S/C15H15F3N2O3/c1-3-7-20-14(21)10(9-19)8-11-12(22-2)5-4-6-13(11)23-15(16,17)18/h4-6,8H,3,7H2,1-2H3,(H,20,21)/b10-8+. The van der Waals surface area contributed by atoms with Gasteiger partial charge in [-0.15, -0.1) is 13.2 Å². The van der Waals surface area contributed by atoms with Crippen molar-refractivity contribution >= 4 is 12.0 Å². The second-order valence-electron chi connectivity index (χ2n) is 4.35. The Labute approximate surface area is 131 Å². The number of nitrogens with zero attached hydrogens (tertiary/aromatic N) is 1. The number of nitrogens with one attached hydrogen (secondary N) is 1. The SMILES string of the molecule is CCCNC(=O)/C(C#N)=C/c1c(OC)cccc1OC(F)(F)F. The van der Waals surface area contributed by atoms with Crippen molar-refractivity contribution in [2.24, 2.45) is 0 Å². The molecule has 0 aliphatic carbocycles. The maximum atomic E-state index is 12.5. The van der Waals surface area contributed by atoms with Gasteiger partial charge in [0.05, 0.1) is 12.7 Å². The van der Waals surface area contributed by atoms with Crippen molar-refractivity contribution in [3.05, 3.63) is 29.3 Å². The van der Waals surface area contributed by atoms with E-state index in [9.17, 15) is 18.0 Å². The second-order valence-corrected chi connectivity index (χ2v) is 4.35. The number of rotatable bonds is 6. The van der Waals surface area contributed by atoms with Crippen LogP contribution in [-0.2, 0) is 4.79 Å². The molecule has 0 saturated heterocycles. The number of hydrogen-bond acceptors (Lipinski definition) is 4. The molecule has 0 radical (unpaired) electrons. The summed E-state index contributed by atoms with van der Waals surface area (Å²) >= 11 is 0. The molecule has 1 aromatic carbocycles. The van der Waals surface area contributed by atoms with Crippen molar-refractivity contribution in [3.8, 4) is 17.6 Å². The summed E-state index contributed by atoms with van der Waals surface area (Å²) in [6.07, 6.45) is -3.25. The summed E-state index contributed by atoms with van der Waals surface area (Å²) in [5.41, 5.74) is -0.495. The third-order valence-corrected chi connectivity index (χ3v) is 2.66. The highest BCUT2D eigenvalue weighted by Gasteiger charge is 2.32. The Morgan fingerprint density at radius 3 is 2.57 bits per heavy atom. The molecule has 0 unspecified atom stereocenters. The van der Waals surface area contributed by atoms with Gasteiger partial charge in [-0.3, -0.25) is 4.79 Å². The quantitative estimate of drug-likeness (QED) is 0.643. The molecular weight excluding hydrogens is 313 g/mol. The zero-order valence-electron chi connectivity index (χ0n) is 12.5. The van der Waals surface area contributed by atoms with Gasteiger partial charge in [0.1, 0.15) is 23.1 Å². The minimum absolute atomic E-state index is 0.0443. The van der Waals surface area contributed by atoms with Gasteiger partial charge < -0.3 is 14.8 Å². The van der Waals surface area contributed by atoms with E-state index >= 15 is 0 Å². The maximum absolute atomic E-state index is 12.5. The monoisotopic (exact) mass is 328 g/mol. The highest BCUT2D eigenvalue weighted by Crippen LogP contribution is 2.34. The van der Waals surface area contributed by atoms with E-state index in [0.29, 0.717) is 13.0 Å². The van der Waals surface area contributed by atoms with Crippen LogP contribution in [0.4, 0.5) is 13.2 Å². The predicted octanol–water partition coefficient (Wildman–Crippen LogP) is 3.03. The van der Waals surface area contributed by atoms with Crippen molar-refractivity contribution in [2.75, 3.05) is 13.7 Å². The van der Waals surface area contributed by atoms with Gasteiger partial charge in [0, 0.05) is 6.54 Å². The number of amides is 1. The van der Waals surface area contributed by atoms with Crippen LogP contribution in [0.15, 0.2) is 23.8 Å². The van der Waals surface area contributed by atoms with Crippen molar-refractivity contribution in [3.63, 3.8) is 0 Å². The van der Waals surface area contributed by atoms with Crippen LogP contribution in [0, 0.1) is 11.3 Å². The fraction of sp³-hybridized carbons (Fsp3) is 0.333. The zero-order chi connectivity index (χ0) is 17.5. The first-order valence-corrected chi connectivity index (χ1v) is 6.65. The van der Waals surface area contributed by atoms with E-state index in [0.717, 1.165) is 12.1 Å². The van der Waals surface area contributed by atoms with E-state index in [2.05, 4.69) is 10.1 Å². The molecule has 0 bridgehead atoms. The Morgan fingerprint density at radius 2 is 2.04 bits per heavy atom. The average molecular weight is 328 g/mol. The second kappa shape index (κ2) is 8.08. The average Bonchev–Trinajstić information content (AvgIpc) is 2.49. The fourth-order valence-corrected chi connectivity index (χ4v) is 1.68. The van der Waals surface area contributed by atoms with Crippen LogP contribution in [0.3, 0.4) is 0 Å². The van der Waals surface area contributed by atoms with Gasteiger partial charge in [0.15, 0.2) is 0 Å². The van der Waals surface area contributed by atoms with Gasteiger partial charge in [-0.25, -0.2) is 0 Å². The molecule has 23 heavy (non-hydrogen) atoms. The van der Waals surface area contributed by atoms with Crippen LogP contribution in [0.25, 0.3) is 6.08 Å². The molecule has 0 heterocycles. The van der Waals surface area contributed by atoms with Crippen LogP contribution in [0.2, 0.25) is 0 Å². The van der Waals surface area contributed by atoms with Gasteiger partial charge >= 0.3 is 6.36 Å². The number of carbonyl (C=O) groups is 1. The Bertz CT molecular complexity index is 634. The van der Waals surface area contributed by atoms with Crippen LogP contribution >= 0.6 is 0 Å². The van der Waals surface area contributed by atoms with Crippen LogP contribution in [0.1, 0.15) is 18.9 Å². The van der Waals surface area contributed by atoms with Crippen LogP contribution in [-0.4, -0.2) is 25.9 Å². The highest BCUT2D eigenvalue weighted by atomic mass is 19.4. The first kappa shape index (κ1) is 18.4. The molecule has 0 saturated carbocycles. The number of halogens is 3. The Kier molecular flexibility index (Phi) is 6.45. The predicted molar refractivity (Wildman–Crippen MR) is 76.6 cm³/mol. The van der Waals surface area contributed by atoms with Crippen molar-refractivity contribution in [1.29, 1.82) is 5.26 Å². The normalized spacial score (nSPS) is 11.6. The summed E-state index contributed by atoms with van der Waals surface area (Å²) in [4.78, 5) is 11.8. The van der Waals surface area contributed by atoms with Crippen molar-refractivity contribution in [2.45, 2.75) is 19.7 Å². The van der Waals surface area contributed by atoms with E-state index in [1.807, 2.05) is 6.92 Å². The molecule has 5 nitrogen and oxygen atoms in total. The minimum atomic E-state index is -4.91.